The number of carbonyl (C=O) groups excluding carboxylic acids is 1. The molecule has 0 saturated heterocycles. The first-order valence-corrected chi connectivity index (χ1v) is 10.7. The van der Waals surface area contributed by atoms with Gasteiger partial charge in [-0.2, -0.15) is 0 Å². The van der Waals surface area contributed by atoms with Crippen molar-refractivity contribution in [1.82, 2.24) is 0 Å². The average Bonchev–Trinajstić information content (AvgIpc) is 3.42. The molecule has 0 atom stereocenters. The van der Waals surface area contributed by atoms with Crippen LogP contribution in [0.2, 0.25) is 0 Å². The number of benzene rings is 2. The maximum Gasteiger partial charge on any atom is 0.340 e. The first kappa shape index (κ1) is 22.3. The van der Waals surface area contributed by atoms with Gasteiger partial charge in [-0.25, -0.2) is 9.59 Å². The van der Waals surface area contributed by atoms with Crippen LogP contribution in [0.3, 0.4) is 0 Å². The predicted octanol–water partition coefficient (Wildman–Crippen LogP) is 4.23. The molecule has 2 aromatic rings. The van der Waals surface area contributed by atoms with E-state index in [1.165, 1.54) is 14.2 Å². The molecule has 0 fully saturated rings. The summed E-state index contributed by atoms with van der Waals surface area (Å²) in [6.45, 7) is 1.38. The molecule has 2 aliphatic heterocycles. The third-order valence-electron chi connectivity index (χ3n) is 4.78. The van der Waals surface area contributed by atoms with Crippen molar-refractivity contribution in [3.8, 4) is 45.6 Å². The van der Waals surface area contributed by atoms with E-state index in [1.54, 1.807) is 6.92 Å². The standard InChI is InChI=1S/C20H16Br2O10/c1-4-28-20(25)10-8(14-18(32-6-30-14)16(27-3)12(10)22)7-9(19(23)24)11(21)15(26-2)17-13(7)29-5-31-17/h4-6H2,1-3H3,(H,23,24). The minimum absolute atomic E-state index is 0.0229. The van der Waals surface area contributed by atoms with Gasteiger partial charge in [0.2, 0.25) is 25.1 Å². The normalized spacial score (nSPS) is 13.2. The van der Waals surface area contributed by atoms with Crippen LogP contribution in [-0.4, -0.2) is 51.5 Å². The summed E-state index contributed by atoms with van der Waals surface area (Å²) in [6, 6.07) is 0. The Morgan fingerprint density at radius 1 is 0.844 bits per heavy atom. The molecule has 0 radical (unpaired) electrons. The van der Waals surface area contributed by atoms with Crippen LogP contribution >= 0.6 is 31.9 Å². The second kappa shape index (κ2) is 8.58. The van der Waals surface area contributed by atoms with Crippen LogP contribution in [0.1, 0.15) is 27.6 Å². The van der Waals surface area contributed by atoms with Crippen LogP contribution < -0.4 is 28.4 Å². The summed E-state index contributed by atoms with van der Waals surface area (Å²) >= 11 is 6.68. The number of hydrogen-bond acceptors (Lipinski definition) is 9. The zero-order valence-corrected chi connectivity index (χ0v) is 20.2. The van der Waals surface area contributed by atoms with Gasteiger partial charge in [-0.15, -0.1) is 0 Å². The summed E-state index contributed by atoms with van der Waals surface area (Å²) in [6.07, 6.45) is 0. The molecular weight excluding hydrogens is 560 g/mol. The number of methoxy groups -OCH3 is 2. The van der Waals surface area contributed by atoms with Gasteiger partial charge < -0.3 is 38.3 Å². The molecule has 32 heavy (non-hydrogen) atoms. The quantitative estimate of drug-likeness (QED) is 0.501. The lowest BCUT2D eigenvalue weighted by atomic mass is 9.91. The van der Waals surface area contributed by atoms with E-state index in [2.05, 4.69) is 31.9 Å². The maximum absolute atomic E-state index is 13.1. The lowest BCUT2D eigenvalue weighted by Gasteiger charge is -2.21. The highest BCUT2D eigenvalue weighted by Gasteiger charge is 2.41. The Hall–Kier alpha value is -2.86. The minimum atomic E-state index is -1.31. The number of halogens is 2. The van der Waals surface area contributed by atoms with Gasteiger partial charge in [-0.1, -0.05) is 0 Å². The van der Waals surface area contributed by atoms with Gasteiger partial charge in [-0.3, -0.25) is 0 Å². The van der Waals surface area contributed by atoms with Gasteiger partial charge in [0.05, 0.1) is 40.9 Å². The van der Waals surface area contributed by atoms with Crippen molar-refractivity contribution in [1.29, 1.82) is 0 Å². The fourth-order valence-corrected chi connectivity index (χ4v) is 4.99. The fourth-order valence-electron chi connectivity index (χ4n) is 3.58. The predicted molar refractivity (Wildman–Crippen MR) is 116 cm³/mol. The van der Waals surface area contributed by atoms with Crippen molar-refractivity contribution in [2.24, 2.45) is 0 Å². The number of fused-ring (bicyclic) bond motifs is 2. The molecule has 0 spiro atoms. The second-order valence-electron chi connectivity index (χ2n) is 6.35. The number of carboxylic acids is 1. The number of ether oxygens (including phenoxy) is 7. The SMILES string of the molecule is CCOC(=O)c1c(Br)c(OC)c2c(c1-c1c3c(c(OC)c(Br)c1C(=O)O)OCO3)OCO2. The molecule has 0 unspecified atom stereocenters. The van der Waals surface area contributed by atoms with E-state index in [9.17, 15) is 14.7 Å². The molecule has 2 heterocycles. The van der Waals surface area contributed by atoms with Gasteiger partial charge in [0, 0.05) is 11.1 Å². The van der Waals surface area contributed by atoms with Gasteiger partial charge >= 0.3 is 11.9 Å². The summed E-state index contributed by atoms with van der Waals surface area (Å²) in [4.78, 5) is 25.4. The van der Waals surface area contributed by atoms with E-state index in [0.29, 0.717) is 0 Å². The smallest absolute Gasteiger partial charge is 0.340 e. The van der Waals surface area contributed by atoms with Crippen molar-refractivity contribution in [3.05, 3.63) is 20.1 Å². The Labute approximate surface area is 198 Å². The summed E-state index contributed by atoms with van der Waals surface area (Å²) < 4.78 is 38.7. The Morgan fingerprint density at radius 2 is 1.28 bits per heavy atom. The highest BCUT2D eigenvalue weighted by molar-refractivity contribution is 9.11. The molecule has 0 bridgehead atoms. The van der Waals surface area contributed by atoms with Crippen molar-refractivity contribution >= 4 is 43.8 Å². The molecule has 4 rings (SSSR count). The van der Waals surface area contributed by atoms with Crippen molar-refractivity contribution in [3.63, 3.8) is 0 Å². The Kier molecular flexibility index (Phi) is 5.99. The molecule has 0 amide bonds. The average molecular weight is 576 g/mol. The van der Waals surface area contributed by atoms with E-state index >= 15 is 0 Å². The van der Waals surface area contributed by atoms with Gasteiger partial charge in [0.25, 0.3) is 0 Å². The zero-order valence-electron chi connectivity index (χ0n) is 17.0. The number of carbonyl (C=O) groups is 2. The van der Waals surface area contributed by atoms with E-state index in [1.807, 2.05) is 0 Å². The molecule has 12 heteroatoms. The van der Waals surface area contributed by atoms with Gasteiger partial charge in [-0.05, 0) is 38.8 Å². The summed E-state index contributed by atoms with van der Waals surface area (Å²) in [5.74, 6) is -1.17. The van der Waals surface area contributed by atoms with Crippen LogP contribution in [0.15, 0.2) is 8.95 Å². The lowest BCUT2D eigenvalue weighted by molar-refractivity contribution is 0.0524. The van der Waals surface area contributed by atoms with Crippen LogP contribution in [-0.2, 0) is 4.74 Å². The van der Waals surface area contributed by atoms with Crippen molar-refractivity contribution < 1.29 is 47.9 Å². The largest absolute Gasteiger partial charge is 0.492 e. The molecule has 1 N–H and O–H groups in total. The van der Waals surface area contributed by atoms with E-state index in [-0.39, 0.29) is 85.9 Å². The summed E-state index contributed by atoms with van der Waals surface area (Å²) in [5.41, 5.74) is -0.131. The van der Waals surface area contributed by atoms with Crippen LogP contribution in [0.4, 0.5) is 0 Å². The van der Waals surface area contributed by atoms with Crippen LogP contribution in [0.5, 0.6) is 34.5 Å². The maximum atomic E-state index is 13.1. The monoisotopic (exact) mass is 574 g/mol. The number of esters is 1. The molecule has 0 aliphatic carbocycles. The Balaban J connectivity index is 2.21. The molecule has 0 saturated carbocycles. The second-order valence-corrected chi connectivity index (χ2v) is 7.94. The molecule has 2 aromatic carbocycles. The molecular formula is C20H16Br2O10. The van der Waals surface area contributed by atoms with Crippen molar-refractivity contribution in [2.75, 3.05) is 34.4 Å². The van der Waals surface area contributed by atoms with Gasteiger partial charge in [0.15, 0.2) is 23.0 Å². The molecule has 0 aromatic heterocycles. The van der Waals surface area contributed by atoms with Gasteiger partial charge in [0.1, 0.15) is 0 Å². The number of rotatable bonds is 6. The molecule has 2 aliphatic rings. The van der Waals surface area contributed by atoms with E-state index in [0.717, 1.165) is 0 Å². The first-order chi connectivity index (χ1) is 15.4. The fraction of sp³-hybridized carbons (Fsp3) is 0.300. The van der Waals surface area contributed by atoms with E-state index < -0.39 is 11.9 Å². The number of carboxylic acid groups (broad SMARTS) is 1. The highest BCUT2D eigenvalue weighted by atomic mass is 79.9. The lowest BCUT2D eigenvalue weighted by Crippen LogP contribution is -2.12. The third-order valence-corrected chi connectivity index (χ3v) is 6.29. The Morgan fingerprint density at radius 3 is 1.72 bits per heavy atom. The number of hydrogen-bond donors (Lipinski definition) is 1. The Bertz CT molecular complexity index is 1140. The van der Waals surface area contributed by atoms with Crippen LogP contribution in [0.25, 0.3) is 11.1 Å². The summed E-state index contributed by atoms with van der Waals surface area (Å²) in [7, 11) is 2.77. The minimum Gasteiger partial charge on any atom is -0.492 e. The van der Waals surface area contributed by atoms with Crippen LogP contribution in [0, 0.1) is 0 Å². The molecule has 10 nitrogen and oxygen atoms in total. The molecule has 170 valence electrons. The zero-order chi connectivity index (χ0) is 23.2. The van der Waals surface area contributed by atoms with E-state index in [4.69, 9.17) is 33.2 Å². The summed E-state index contributed by atoms with van der Waals surface area (Å²) in [5, 5.41) is 10.1. The topological polar surface area (TPSA) is 119 Å². The number of aromatic carboxylic acids is 1. The first-order valence-electron chi connectivity index (χ1n) is 9.16. The third kappa shape index (κ3) is 3.20. The highest BCUT2D eigenvalue weighted by Crippen LogP contribution is 2.60. The van der Waals surface area contributed by atoms with Crippen molar-refractivity contribution in [2.45, 2.75) is 6.92 Å².